The lowest BCUT2D eigenvalue weighted by molar-refractivity contribution is -0.138. The molecule has 0 saturated carbocycles. The van der Waals surface area contributed by atoms with Crippen LogP contribution in [0, 0.1) is 5.92 Å². The smallest absolute Gasteiger partial charge is 0.226 e. The first-order chi connectivity index (χ1) is 10.8. The van der Waals surface area contributed by atoms with E-state index in [4.69, 9.17) is 4.74 Å². The molecule has 0 aromatic heterocycles. The molecule has 4 heteroatoms. The van der Waals surface area contributed by atoms with Gasteiger partial charge in [-0.25, -0.2) is 0 Å². The van der Waals surface area contributed by atoms with Gasteiger partial charge in [0.15, 0.2) is 0 Å². The third kappa shape index (κ3) is 4.08. The van der Waals surface area contributed by atoms with Gasteiger partial charge in [-0.3, -0.25) is 4.79 Å². The molecule has 120 valence electrons. The van der Waals surface area contributed by atoms with E-state index in [-0.39, 0.29) is 12.0 Å². The minimum Gasteiger partial charge on any atom is -0.376 e. The van der Waals surface area contributed by atoms with Gasteiger partial charge < -0.3 is 15.0 Å². The van der Waals surface area contributed by atoms with Gasteiger partial charge in [0.25, 0.3) is 0 Å². The van der Waals surface area contributed by atoms with Crippen molar-refractivity contribution in [2.24, 2.45) is 5.92 Å². The van der Waals surface area contributed by atoms with Gasteiger partial charge in [0.05, 0.1) is 6.10 Å². The van der Waals surface area contributed by atoms with Crippen LogP contribution in [0.3, 0.4) is 0 Å². The summed E-state index contributed by atoms with van der Waals surface area (Å²) < 4.78 is 5.75. The first kappa shape index (κ1) is 15.5. The van der Waals surface area contributed by atoms with Crippen LogP contribution in [0.2, 0.25) is 0 Å². The van der Waals surface area contributed by atoms with Gasteiger partial charge in [0.1, 0.15) is 0 Å². The number of benzene rings is 1. The molecule has 2 heterocycles. The minimum absolute atomic E-state index is 0.173. The SMILES string of the molecule is O=C(C1CCNCC1)N(Cc1ccccc1)CC1CCCO1. The molecular formula is C18H26N2O2. The van der Waals surface area contributed by atoms with Crippen molar-refractivity contribution in [2.45, 2.75) is 38.3 Å². The molecule has 0 aliphatic carbocycles. The molecular weight excluding hydrogens is 276 g/mol. The molecule has 1 unspecified atom stereocenters. The Morgan fingerprint density at radius 3 is 2.64 bits per heavy atom. The second-order valence-electron chi connectivity index (χ2n) is 6.36. The Balaban J connectivity index is 1.67. The molecule has 1 amide bonds. The topological polar surface area (TPSA) is 41.6 Å². The highest BCUT2D eigenvalue weighted by molar-refractivity contribution is 5.79. The first-order valence-corrected chi connectivity index (χ1v) is 8.48. The van der Waals surface area contributed by atoms with E-state index in [0.717, 1.165) is 51.9 Å². The Morgan fingerprint density at radius 2 is 1.95 bits per heavy atom. The lowest BCUT2D eigenvalue weighted by Gasteiger charge is -2.31. The van der Waals surface area contributed by atoms with Crippen molar-refractivity contribution in [3.8, 4) is 0 Å². The average Bonchev–Trinajstić information content (AvgIpc) is 3.08. The van der Waals surface area contributed by atoms with Crippen molar-refractivity contribution < 1.29 is 9.53 Å². The predicted molar refractivity (Wildman–Crippen MR) is 86.4 cm³/mol. The molecule has 2 aliphatic rings. The Bertz CT molecular complexity index is 465. The predicted octanol–water partition coefficient (Wildman–Crippen LogP) is 2.19. The summed E-state index contributed by atoms with van der Waals surface area (Å²) in [4.78, 5) is 15.0. The fourth-order valence-electron chi connectivity index (χ4n) is 3.40. The fourth-order valence-corrected chi connectivity index (χ4v) is 3.40. The van der Waals surface area contributed by atoms with Crippen LogP contribution >= 0.6 is 0 Å². The van der Waals surface area contributed by atoms with E-state index in [1.807, 2.05) is 23.1 Å². The van der Waals surface area contributed by atoms with Crippen LogP contribution in [-0.4, -0.2) is 43.2 Å². The second kappa shape index (κ2) is 7.75. The van der Waals surface area contributed by atoms with Gasteiger partial charge in [0, 0.05) is 25.6 Å². The zero-order valence-corrected chi connectivity index (χ0v) is 13.2. The largest absolute Gasteiger partial charge is 0.376 e. The zero-order valence-electron chi connectivity index (χ0n) is 13.2. The number of carbonyl (C=O) groups is 1. The average molecular weight is 302 g/mol. The van der Waals surface area contributed by atoms with Crippen LogP contribution in [0.1, 0.15) is 31.2 Å². The number of nitrogens with one attached hydrogen (secondary N) is 1. The highest BCUT2D eigenvalue weighted by Gasteiger charge is 2.28. The Labute approximate surface area is 132 Å². The van der Waals surface area contributed by atoms with E-state index in [9.17, 15) is 4.79 Å². The van der Waals surface area contributed by atoms with Crippen molar-refractivity contribution in [1.82, 2.24) is 10.2 Å². The fraction of sp³-hybridized carbons (Fsp3) is 0.611. The maximum Gasteiger partial charge on any atom is 0.226 e. The number of amides is 1. The molecule has 2 saturated heterocycles. The monoisotopic (exact) mass is 302 g/mol. The summed E-state index contributed by atoms with van der Waals surface area (Å²) in [5, 5.41) is 3.34. The van der Waals surface area contributed by atoms with Crippen LogP contribution in [0.25, 0.3) is 0 Å². The summed E-state index contributed by atoms with van der Waals surface area (Å²) in [6.07, 6.45) is 4.32. The summed E-state index contributed by atoms with van der Waals surface area (Å²) in [7, 11) is 0. The number of nitrogens with zero attached hydrogens (tertiary/aromatic N) is 1. The van der Waals surface area contributed by atoms with Crippen LogP contribution in [0.5, 0.6) is 0 Å². The first-order valence-electron chi connectivity index (χ1n) is 8.48. The molecule has 4 nitrogen and oxygen atoms in total. The van der Waals surface area contributed by atoms with E-state index in [1.54, 1.807) is 0 Å². The lowest BCUT2D eigenvalue weighted by atomic mass is 9.96. The molecule has 2 fully saturated rings. The van der Waals surface area contributed by atoms with Crippen LogP contribution < -0.4 is 5.32 Å². The van der Waals surface area contributed by atoms with Gasteiger partial charge in [-0.15, -0.1) is 0 Å². The Kier molecular flexibility index (Phi) is 5.46. The lowest BCUT2D eigenvalue weighted by Crippen LogP contribution is -2.43. The van der Waals surface area contributed by atoms with Gasteiger partial charge in [-0.05, 0) is 44.3 Å². The van der Waals surface area contributed by atoms with Crippen molar-refractivity contribution in [3.05, 3.63) is 35.9 Å². The van der Waals surface area contributed by atoms with E-state index >= 15 is 0 Å². The molecule has 1 aromatic carbocycles. The number of piperidine rings is 1. The number of carbonyl (C=O) groups excluding carboxylic acids is 1. The normalized spacial score (nSPS) is 22.6. The van der Waals surface area contributed by atoms with Crippen molar-refractivity contribution in [1.29, 1.82) is 0 Å². The van der Waals surface area contributed by atoms with Gasteiger partial charge in [0.2, 0.25) is 5.91 Å². The molecule has 3 rings (SSSR count). The summed E-state index contributed by atoms with van der Waals surface area (Å²) in [5.41, 5.74) is 1.20. The highest BCUT2D eigenvalue weighted by Crippen LogP contribution is 2.20. The second-order valence-corrected chi connectivity index (χ2v) is 6.36. The van der Waals surface area contributed by atoms with Crippen LogP contribution in [0.4, 0.5) is 0 Å². The standard InChI is InChI=1S/C18H26N2O2/c21-18(16-8-10-19-11-9-16)20(14-17-7-4-12-22-17)13-15-5-2-1-3-6-15/h1-3,5-6,16-17,19H,4,7-14H2. The van der Waals surface area contributed by atoms with Crippen molar-refractivity contribution >= 4 is 5.91 Å². The molecule has 2 aliphatic heterocycles. The maximum absolute atomic E-state index is 12.9. The molecule has 0 bridgehead atoms. The molecule has 0 radical (unpaired) electrons. The molecule has 0 spiro atoms. The van der Waals surface area contributed by atoms with Crippen molar-refractivity contribution in [3.63, 3.8) is 0 Å². The van der Waals surface area contributed by atoms with Crippen molar-refractivity contribution in [2.75, 3.05) is 26.2 Å². The zero-order chi connectivity index (χ0) is 15.2. The van der Waals surface area contributed by atoms with Crippen LogP contribution in [-0.2, 0) is 16.1 Å². The summed E-state index contributed by atoms with van der Waals surface area (Å²) in [6.45, 7) is 4.18. The summed E-state index contributed by atoms with van der Waals surface area (Å²) >= 11 is 0. The van der Waals surface area contributed by atoms with Gasteiger partial charge in [-0.1, -0.05) is 30.3 Å². The maximum atomic E-state index is 12.9. The number of rotatable bonds is 5. The Hall–Kier alpha value is -1.39. The summed E-state index contributed by atoms with van der Waals surface area (Å²) in [5.74, 6) is 0.479. The highest BCUT2D eigenvalue weighted by atomic mass is 16.5. The number of hydrogen-bond donors (Lipinski definition) is 1. The van der Waals surface area contributed by atoms with Gasteiger partial charge >= 0.3 is 0 Å². The minimum atomic E-state index is 0.173. The van der Waals surface area contributed by atoms with Gasteiger partial charge in [-0.2, -0.15) is 0 Å². The Morgan fingerprint density at radius 1 is 1.18 bits per heavy atom. The van der Waals surface area contributed by atoms with Crippen LogP contribution in [0.15, 0.2) is 30.3 Å². The summed E-state index contributed by atoms with van der Waals surface area (Å²) in [6, 6.07) is 10.3. The third-order valence-corrected chi connectivity index (χ3v) is 4.66. The van der Waals surface area contributed by atoms with E-state index in [0.29, 0.717) is 12.5 Å². The molecule has 1 N–H and O–H groups in total. The third-order valence-electron chi connectivity index (χ3n) is 4.66. The molecule has 22 heavy (non-hydrogen) atoms. The molecule has 1 atom stereocenters. The van der Waals surface area contributed by atoms with E-state index in [2.05, 4.69) is 17.4 Å². The number of hydrogen-bond acceptors (Lipinski definition) is 3. The quantitative estimate of drug-likeness (QED) is 0.906. The van der Waals surface area contributed by atoms with E-state index < -0.39 is 0 Å². The number of ether oxygens (including phenoxy) is 1. The molecule has 1 aromatic rings. The van der Waals surface area contributed by atoms with E-state index in [1.165, 1.54) is 5.56 Å².